The van der Waals surface area contributed by atoms with Gasteiger partial charge >= 0.3 is 12.1 Å². The fourth-order valence-corrected chi connectivity index (χ4v) is 4.68. The SMILES string of the molecule is COc1cccc(C(=O)N(C(=O)Oc2c(Cl)cccc2COC(C)=O)N(C(=O)c2cc(C)cc(C)c2)C(C)(C)C)c1C. The first-order chi connectivity index (χ1) is 19.6. The molecule has 0 atom stereocenters. The number of carbonyl (C=O) groups excluding carboxylic acids is 4. The van der Waals surface area contributed by atoms with E-state index in [1.807, 2.05) is 19.9 Å². The number of carbonyl (C=O) groups is 4. The summed E-state index contributed by atoms with van der Waals surface area (Å²) < 4.78 is 16.2. The second-order valence-electron chi connectivity index (χ2n) is 10.8. The zero-order valence-electron chi connectivity index (χ0n) is 25.0. The van der Waals surface area contributed by atoms with Gasteiger partial charge in [0.1, 0.15) is 12.4 Å². The molecule has 0 fully saturated rings. The van der Waals surface area contributed by atoms with E-state index >= 15 is 0 Å². The number of hydrogen-bond acceptors (Lipinski definition) is 7. The fraction of sp³-hybridized carbons (Fsp3) is 0.312. The minimum atomic E-state index is -1.19. The predicted molar refractivity (Wildman–Crippen MR) is 159 cm³/mol. The highest BCUT2D eigenvalue weighted by Gasteiger charge is 2.42. The van der Waals surface area contributed by atoms with Crippen molar-refractivity contribution in [1.82, 2.24) is 10.0 Å². The molecule has 0 saturated carbocycles. The summed E-state index contributed by atoms with van der Waals surface area (Å²) in [7, 11) is 1.47. The molecule has 3 aromatic rings. The van der Waals surface area contributed by atoms with E-state index in [1.54, 1.807) is 64.1 Å². The molecule has 9 nitrogen and oxygen atoms in total. The lowest BCUT2D eigenvalue weighted by atomic mass is 10.0. The number of imide groups is 1. The molecular formula is C32H35ClN2O7. The van der Waals surface area contributed by atoms with Crippen molar-refractivity contribution in [3.63, 3.8) is 0 Å². The number of ether oxygens (including phenoxy) is 3. The molecule has 42 heavy (non-hydrogen) atoms. The number of rotatable bonds is 6. The lowest BCUT2D eigenvalue weighted by molar-refractivity contribution is -0.142. The fourth-order valence-electron chi connectivity index (χ4n) is 4.44. The summed E-state index contributed by atoms with van der Waals surface area (Å²) in [5, 5.41) is 1.80. The van der Waals surface area contributed by atoms with Crippen LogP contribution in [0.2, 0.25) is 5.02 Å². The Bertz CT molecular complexity index is 1510. The number of halogens is 1. The van der Waals surface area contributed by atoms with Crippen molar-refractivity contribution < 1.29 is 33.4 Å². The third kappa shape index (κ3) is 7.28. The van der Waals surface area contributed by atoms with Gasteiger partial charge in [-0.05, 0) is 71.9 Å². The van der Waals surface area contributed by atoms with Crippen LogP contribution in [-0.2, 0) is 16.1 Å². The molecule has 3 rings (SSSR count). The molecule has 222 valence electrons. The number of benzene rings is 3. The second-order valence-corrected chi connectivity index (χ2v) is 11.2. The summed E-state index contributed by atoms with van der Waals surface area (Å²) in [5.41, 5.74) is 1.74. The topological polar surface area (TPSA) is 102 Å². The van der Waals surface area contributed by atoms with Gasteiger partial charge in [0.2, 0.25) is 0 Å². The first kappa shape index (κ1) is 32.1. The molecule has 10 heteroatoms. The Labute approximate surface area is 250 Å². The summed E-state index contributed by atoms with van der Waals surface area (Å²) in [6.07, 6.45) is -1.19. The molecule has 0 spiro atoms. The Balaban J connectivity index is 2.22. The van der Waals surface area contributed by atoms with Gasteiger partial charge in [0.25, 0.3) is 11.8 Å². The van der Waals surface area contributed by atoms with Crippen LogP contribution in [-0.4, -0.2) is 46.5 Å². The van der Waals surface area contributed by atoms with Gasteiger partial charge in [-0.2, -0.15) is 0 Å². The standard InChI is InChI=1S/C32H35ClN2O7/c1-19-15-20(2)17-24(16-19)29(37)35(32(5,6)7)34(30(38)25-12-10-14-27(40-8)21(25)3)31(39)42-28-23(18-41-22(4)36)11-9-13-26(28)33/h9-17H,18H2,1-8H3. The van der Waals surface area contributed by atoms with Crippen molar-refractivity contribution in [2.24, 2.45) is 0 Å². The summed E-state index contributed by atoms with van der Waals surface area (Å²) in [6, 6.07) is 14.8. The van der Waals surface area contributed by atoms with Gasteiger partial charge in [-0.1, -0.05) is 47.0 Å². The highest BCUT2D eigenvalue weighted by atomic mass is 35.5. The maximum atomic E-state index is 14.3. The molecule has 0 bridgehead atoms. The lowest BCUT2D eigenvalue weighted by Gasteiger charge is -2.41. The maximum absolute atomic E-state index is 14.3. The summed E-state index contributed by atoms with van der Waals surface area (Å²) in [6.45, 7) is 11.5. The molecule has 0 saturated heterocycles. The Morgan fingerprint density at radius 3 is 2.07 bits per heavy atom. The van der Waals surface area contributed by atoms with Crippen LogP contribution < -0.4 is 9.47 Å². The maximum Gasteiger partial charge on any atom is 0.442 e. The van der Waals surface area contributed by atoms with E-state index in [-0.39, 0.29) is 28.5 Å². The van der Waals surface area contributed by atoms with Gasteiger partial charge in [0, 0.05) is 29.2 Å². The van der Waals surface area contributed by atoms with Crippen molar-refractivity contribution in [2.75, 3.05) is 7.11 Å². The number of esters is 1. The Hall–Kier alpha value is -4.37. The van der Waals surface area contributed by atoms with Crippen molar-refractivity contribution in [3.05, 3.63) is 93.0 Å². The average molecular weight is 595 g/mol. The summed E-state index contributed by atoms with van der Waals surface area (Å²) in [5.74, 6) is -1.65. The third-order valence-corrected chi connectivity index (χ3v) is 6.56. The predicted octanol–water partition coefficient (Wildman–Crippen LogP) is 6.83. The zero-order chi connectivity index (χ0) is 31.4. The molecule has 0 aliphatic carbocycles. The van der Waals surface area contributed by atoms with Crippen LogP contribution in [0.5, 0.6) is 11.5 Å². The Morgan fingerprint density at radius 2 is 1.50 bits per heavy atom. The van der Waals surface area contributed by atoms with Gasteiger partial charge in [-0.3, -0.25) is 14.4 Å². The molecule has 0 N–H and O–H groups in total. The van der Waals surface area contributed by atoms with Crippen molar-refractivity contribution in [1.29, 1.82) is 0 Å². The van der Waals surface area contributed by atoms with E-state index in [0.29, 0.717) is 21.9 Å². The van der Waals surface area contributed by atoms with Gasteiger partial charge in [-0.15, -0.1) is 5.01 Å². The Morgan fingerprint density at radius 1 is 0.881 bits per heavy atom. The molecule has 3 amide bonds. The van der Waals surface area contributed by atoms with Crippen molar-refractivity contribution >= 4 is 35.5 Å². The molecule has 0 unspecified atom stereocenters. The first-order valence-electron chi connectivity index (χ1n) is 13.2. The normalized spacial score (nSPS) is 11.0. The summed E-state index contributed by atoms with van der Waals surface area (Å²) >= 11 is 6.40. The molecule has 0 aliphatic heterocycles. The van der Waals surface area contributed by atoms with Gasteiger partial charge in [-0.25, -0.2) is 9.80 Å². The van der Waals surface area contributed by atoms with E-state index in [1.165, 1.54) is 26.2 Å². The van der Waals surface area contributed by atoms with Gasteiger partial charge < -0.3 is 14.2 Å². The van der Waals surface area contributed by atoms with Crippen LogP contribution in [0.25, 0.3) is 0 Å². The van der Waals surface area contributed by atoms with Crippen molar-refractivity contribution in [2.45, 2.75) is 60.6 Å². The average Bonchev–Trinajstić information content (AvgIpc) is 2.90. The molecule has 0 aromatic heterocycles. The third-order valence-electron chi connectivity index (χ3n) is 6.26. The van der Waals surface area contributed by atoms with E-state index < -0.39 is 29.4 Å². The van der Waals surface area contributed by atoms with Crippen LogP contribution in [0.4, 0.5) is 4.79 Å². The summed E-state index contributed by atoms with van der Waals surface area (Å²) in [4.78, 5) is 54.0. The van der Waals surface area contributed by atoms with E-state index in [0.717, 1.165) is 16.1 Å². The molecule has 3 aromatic carbocycles. The quantitative estimate of drug-likeness (QED) is 0.227. The van der Waals surface area contributed by atoms with E-state index in [2.05, 4.69) is 0 Å². The largest absolute Gasteiger partial charge is 0.496 e. The van der Waals surface area contributed by atoms with Crippen molar-refractivity contribution in [3.8, 4) is 11.5 Å². The smallest absolute Gasteiger partial charge is 0.442 e. The van der Waals surface area contributed by atoms with Gasteiger partial charge in [0.05, 0.1) is 17.7 Å². The molecule has 0 heterocycles. The molecule has 0 aliphatic rings. The molecule has 0 radical (unpaired) electrons. The highest BCUT2D eigenvalue weighted by molar-refractivity contribution is 6.32. The molecular weight excluding hydrogens is 560 g/mol. The number of amides is 3. The minimum absolute atomic E-state index is 0.0425. The first-order valence-corrected chi connectivity index (χ1v) is 13.6. The number of nitrogens with zero attached hydrogens (tertiary/aromatic N) is 2. The zero-order valence-corrected chi connectivity index (χ0v) is 25.8. The number of hydrazine groups is 1. The number of hydrogen-bond donors (Lipinski definition) is 0. The number of methoxy groups -OCH3 is 1. The highest BCUT2D eigenvalue weighted by Crippen LogP contribution is 2.32. The van der Waals surface area contributed by atoms with E-state index in [9.17, 15) is 19.2 Å². The second kappa shape index (κ2) is 13.1. The number of aryl methyl sites for hydroxylation is 2. The van der Waals surface area contributed by atoms with Crippen LogP contribution in [0.1, 0.15) is 70.7 Å². The number of para-hydroxylation sites is 1. The Kier molecular flexibility index (Phi) is 10.0. The monoisotopic (exact) mass is 594 g/mol. The van der Waals surface area contributed by atoms with E-state index in [4.69, 9.17) is 25.8 Å². The van der Waals surface area contributed by atoms with Gasteiger partial charge in [0.15, 0.2) is 5.75 Å². The van der Waals surface area contributed by atoms with Crippen LogP contribution in [0.3, 0.4) is 0 Å². The van der Waals surface area contributed by atoms with Crippen LogP contribution in [0, 0.1) is 20.8 Å². The lowest BCUT2D eigenvalue weighted by Crippen LogP contribution is -2.61. The van der Waals surface area contributed by atoms with Crippen LogP contribution in [0.15, 0.2) is 54.6 Å². The van der Waals surface area contributed by atoms with Crippen LogP contribution >= 0.6 is 11.6 Å². The minimum Gasteiger partial charge on any atom is -0.496 e.